The van der Waals surface area contributed by atoms with Crippen LogP contribution in [-0.4, -0.2) is 89.0 Å². The number of aromatic carboxylic acids is 1. The summed E-state index contributed by atoms with van der Waals surface area (Å²) in [6.07, 6.45) is 6.20. The number of methoxy groups -OCH3 is 2. The van der Waals surface area contributed by atoms with Gasteiger partial charge in [-0.05, 0) is 19.1 Å². The van der Waals surface area contributed by atoms with Gasteiger partial charge in [-0.25, -0.2) is 18.6 Å². The van der Waals surface area contributed by atoms with Gasteiger partial charge in [0.25, 0.3) is 0 Å². The van der Waals surface area contributed by atoms with E-state index in [0.29, 0.717) is 61.1 Å². The fraction of sp³-hybridized carbons (Fsp3) is 0.333. The maximum Gasteiger partial charge on any atom is 1.00 e. The molecule has 0 saturated heterocycles. The molecule has 0 unspecified atom stereocenters. The summed E-state index contributed by atoms with van der Waals surface area (Å²) in [4.78, 5) is 22.7. The molecule has 0 aliphatic carbocycles. The second-order valence-electron chi connectivity index (χ2n) is 7.21. The van der Waals surface area contributed by atoms with E-state index in [0.717, 1.165) is 0 Å². The number of carbonyl (C=O) groups excluding carboxylic acids is 1. The van der Waals surface area contributed by atoms with E-state index in [4.69, 9.17) is 28.8 Å². The van der Waals surface area contributed by atoms with Gasteiger partial charge in [0.15, 0.2) is 0 Å². The van der Waals surface area contributed by atoms with Crippen molar-refractivity contribution >= 4 is 23.0 Å². The normalized spacial score (nSPS) is 10.1. The van der Waals surface area contributed by atoms with Gasteiger partial charge in [-0.15, -0.1) is 0 Å². The number of esters is 1. The molecular formula is C24H29LiN4O9. The van der Waals surface area contributed by atoms with Gasteiger partial charge in [0.2, 0.25) is 0 Å². The molecule has 0 atom stereocenters. The Morgan fingerprint density at radius 1 is 0.842 bits per heavy atom. The molecule has 0 radical (unpaired) electrons. The summed E-state index contributed by atoms with van der Waals surface area (Å²) in [5.74, 6) is -0.131. The summed E-state index contributed by atoms with van der Waals surface area (Å²) < 4.78 is 28.8. The van der Waals surface area contributed by atoms with Crippen LogP contribution in [0.2, 0.25) is 0 Å². The minimum Gasteiger partial charge on any atom is -0.870 e. The van der Waals surface area contributed by atoms with Crippen molar-refractivity contribution in [2.24, 2.45) is 0 Å². The summed E-state index contributed by atoms with van der Waals surface area (Å²) in [7, 11) is 3.20. The summed E-state index contributed by atoms with van der Waals surface area (Å²) in [5, 5.41) is 17.0. The standard InChI is InChI=1S/C13H16N2O4.C11H12N2O4.Li.H2O/c1-3-18-13(16)11-9-14-15-5-4-10(8-12(11)15)19-7-6-17-2;1-16-4-5-17-8-2-3-13-10(6-8)9(7-12-13)11(14)15;;/h4-5,8-9H,3,6-7H2,1-2H3;2-3,6-7H,4-5H2,1H3,(H,14,15);;1H2/q;;+1;/p-1. The molecule has 0 aromatic carbocycles. The van der Waals surface area contributed by atoms with Crippen LogP contribution in [0.1, 0.15) is 27.6 Å². The molecule has 0 bridgehead atoms. The molecule has 200 valence electrons. The zero-order chi connectivity index (χ0) is 25.9. The minimum atomic E-state index is -1.01. The average Bonchev–Trinajstić information content (AvgIpc) is 3.49. The zero-order valence-electron chi connectivity index (χ0n) is 21.7. The molecule has 4 heterocycles. The van der Waals surface area contributed by atoms with Gasteiger partial charge in [0.1, 0.15) is 35.8 Å². The van der Waals surface area contributed by atoms with E-state index in [-0.39, 0.29) is 35.9 Å². The summed E-state index contributed by atoms with van der Waals surface area (Å²) in [5.41, 5.74) is 1.75. The van der Waals surface area contributed by atoms with Crippen LogP contribution < -0.4 is 28.3 Å². The van der Waals surface area contributed by atoms with Crippen molar-refractivity contribution < 1.29 is 62.7 Å². The largest absolute Gasteiger partial charge is 1.00 e. The first-order valence-electron chi connectivity index (χ1n) is 11.1. The number of hydrogen-bond acceptors (Lipinski definition) is 10. The van der Waals surface area contributed by atoms with Crippen LogP contribution in [0.25, 0.3) is 11.0 Å². The number of hydrogen-bond donors (Lipinski definition) is 1. The Bertz CT molecular complexity index is 1310. The van der Waals surface area contributed by atoms with Gasteiger partial charge in [0.05, 0.1) is 43.2 Å². The number of fused-ring (bicyclic) bond motifs is 2. The Morgan fingerprint density at radius 3 is 1.76 bits per heavy atom. The predicted molar refractivity (Wildman–Crippen MR) is 130 cm³/mol. The number of ether oxygens (including phenoxy) is 5. The molecule has 38 heavy (non-hydrogen) atoms. The molecule has 4 rings (SSSR count). The monoisotopic (exact) mass is 524 g/mol. The van der Waals surface area contributed by atoms with E-state index in [1.165, 1.54) is 16.9 Å². The van der Waals surface area contributed by atoms with Crippen LogP contribution in [0, 0.1) is 0 Å². The molecule has 0 amide bonds. The zero-order valence-corrected chi connectivity index (χ0v) is 21.7. The van der Waals surface area contributed by atoms with Crippen LogP contribution >= 0.6 is 0 Å². The van der Waals surface area contributed by atoms with Crippen LogP contribution in [0.15, 0.2) is 49.1 Å². The smallest absolute Gasteiger partial charge is 0.870 e. The van der Waals surface area contributed by atoms with Crippen LogP contribution in [-0.2, 0) is 14.2 Å². The van der Waals surface area contributed by atoms with Crippen molar-refractivity contribution in [3.63, 3.8) is 0 Å². The topological polar surface area (TPSA) is 165 Å². The number of carboxylic acids is 1. The molecule has 0 spiro atoms. The van der Waals surface area contributed by atoms with E-state index in [2.05, 4.69) is 10.2 Å². The van der Waals surface area contributed by atoms with E-state index in [1.807, 2.05) is 0 Å². The predicted octanol–water partition coefficient (Wildman–Crippen LogP) is -0.579. The molecule has 0 fully saturated rings. The average molecular weight is 524 g/mol. The van der Waals surface area contributed by atoms with Crippen molar-refractivity contribution in [2.45, 2.75) is 6.92 Å². The second-order valence-corrected chi connectivity index (χ2v) is 7.21. The molecule has 4 aromatic heterocycles. The van der Waals surface area contributed by atoms with Gasteiger partial charge in [-0.1, -0.05) is 0 Å². The van der Waals surface area contributed by atoms with E-state index >= 15 is 0 Å². The Kier molecular flexibility index (Phi) is 13.9. The van der Waals surface area contributed by atoms with Gasteiger partial charge < -0.3 is 34.3 Å². The maximum absolute atomic E-state index is 11.8. The fourth-order valence-corrected chi connectivity index (χ4v) is 3.12. The van der Waals surface area contributed by atoms with Crippen LogP contribution in [0.5, 0.6) is 11.5 Å². The number of nitrogens with zero attached hydrogens (tertiary/aromatic N) is 4. The molecular weight excluding hydrogens is 495 g/mol. The van der Waals surface area contributed by atoms with Gasteiger partial charge in [-0.3, -0.25) is 0 Å². The maximum atomic E-state index is 11.8. The van der Waals surface area contributed by atoms with Crippen LogP contribution in [0.3, 0.4) is 0 Å². The van der Waals surface area contributed by atoms with E-state index in [1.54, 1.807) is 62.3 Å². The first-order chi connectivity index (χ1) is 17.5. The Balaban J connectivity index is 0.000000363. The third-order valence-corrected chi connectivity index (χ3v) is 4.82. The fourth-order valence-electron chi connectivity index (χ4n) is 3.12. The Morgan fingerprint density at radius 2 is 1.32 bits per heavy atom. The molecule has 2 N–H and O–H groups in total. The summed E-state index contributed by atoms with van der Waals surface area (Å²) in [6, 6.07) is 6.91. The first-order valence-corrected chi connectivity index (χ1v) is 11.1. The Labute approximate surface area is 230 Å². The molecule has 4 aromatic rings. The van der Waals surface area contributed by atoms with Crippen molar-refractivity contribution in [2.75, 3.05) is 47.3 Å². The number of carboxylic acid groups (broad SMARTS) is 1. The number of carbonyl (C=O) groups is 2. The Hall–Kier alpha value is -3.60. The summed E-state index contributed by atoms with van der Waals surface area (Å²) in [6.45, 7) is 3.97. The van der Waals surface area contributed by atoms with Gasteiger partial charge in [-0.2, -0.15) is 10.2 Å². The van der Waals surface area contributed by atoms with E-state index in [9.17, 15) is 9.59 Å². The van der Waals surface area contributed by atoms with Crippen LogP contribution in [0.4, 0.5) is 0 Å². The van der Waals surface area contributed by atoms with Crippen molar-refractivity contribution in [1.82, 2.24) is 19.2 Å². The molecule has 0 aliphatic heterocycles. The molecule has 0 saturated carbocycles. The molecule has 13 nitrogen and oxygen atoms in total. The molecule has 14 heteroatoms. The number of rotatable bonds is 11. The van der Waals surface area contributed by atoms with Gasteiger partial charge in [0, 0.05) is 38.7 Å². The van der Waals surface area contributed by atoms with E-state index < -0.39 is 5.97 Å². The van der Waals surface area contributed by atoms with Crippen molar-refractivity contribution in [3.8, 4) is 11.5 Å². The second kappa shape index (κ2) is 16.3. The number of pyridine rings is 2. The van der Waals surface area contributed by atoms with Crippen molar-refractivity contribution in [1.29, 1.82) is 0 Å². The van der Waals surface area contributed by atoms with Crippen molar-refractivity contribution in [3.05, 3.63) is 60.2 Å². The van der Waals surface area contributed by atoms with Gasteiger partial charge >= 0.3 is 30.8 Å². The first kappa shape index (κ1) is 32.4. The minimum absolute atomic E-state index is 0. The SMILES string of the molecule is CCOC(=O)c1cnn2ccc(OCCOC)cc12.COCCOc1ccn2ncc(C(=O)O)c2c1.[Li+].[OH-]. The third kappa shape index (κ3) is 8.47. The number of aromatic nitrogens is 4. The third-order valence-electron chi connectivity index (χ3n) is 4.82. The summed E-state index contributed by atoms with van der Waals surface area (Å²) >= 11 is 0. The quantitative estimate of drug-likeness (QED) is 0.152. The molecule has 0 aliphatic rings.